The first kappa shape index (κ1) is 20.7. The Bertz CT molecular complexity index is 1470. The fourth-order valence-corrected chi connectivity index (χ4v) is 4.82. The van der Waals surface area contributed by atoms with E-state index in [9.17, 15) is 21.0 Å². The Balaban J connectivity index is 1.84. The van der Waals surface area contributed by atoms with Crippen LogP contribution in [0.4, 0.5) is 0 Å². The summed E-state index contributed by atoms with van der Waals surface area (Å²) in [6.45, 7) is 0. The van der Waals surface area contributed by atoms with Crippen molar-refractivity contribution < 1.29 is 0 Å². The number of hydrogen-bond acceptors (Lipinski definition) is 4. The van der Waals surface area contributed by atoms with E-state index < -0.39 is 11.8 Å². The predicted octanol–water partition coefficient (Wildman–Crippen LogP) is 6.54. The first-order chi connectivity index (χ1) is 16.7. The number of rotatable bonds is 3. The summed E-state index contributed by atoms with van der Waals surface area (Å²) >= 11 is 0. The standard InChI is InChI=1S/C30H16N4/c31-15-21-11-28-26(13-24(21)19-7-3-1-4-8-19)27-14-25(20-9-5-2-6-10-20)22(16-32)12-29(27)30(28)23(17-33)18-34/h1-14,23,30H. The van der Waals surface area contributed by atoms with E-state index in [1.807, 2.05) is 72.8 Å². The molecule has 0 atom stereocenters. The molecule has 0 N–H and O–H groups in total. The Hall–Kier alpha value is -5.16. The first-order valence-corrected chi connectivity index (χ1v) is 10.8. The molecule has 0 amide bonds. The van der Waals surface area contributed by atoms with Gasteiger partial charge in [0, 0.05) is 17.0 Å². The lowest BCUT2D eigenvalue weighted by molar-refractivity contribution is 0.725. The molecule has 0 saturated heterocycles. The summed E-state index contributed by atoms with van der Waals surface area (Å²) in [7, 11) is 0. The van der Waals surface area contributed by atoms with Crippen molar-refractivity contribution in [3.05, 3.63) is 107 Å². The Kier molecular flexibility index (Phi) is 5.13. The van der Waals surface area contributed by atoms with Gasteiger partial charge < -0.3 is 0 Å². The third kappa shape index (κ3) is 3.20. The van der Waals surface area contributed by atoms with Crippen molar-refractivity contribution in [3.8, 4) is 57.7 Å². The van der Waals surface area contributed by atoms with E-state index in [0.717, 1.165) is 44.5 Å². The van der Waals surface area contributed by atoms with Crippen molar-refractivity contribution >= 4 is 0 Å². The van der Waals surface area contributed by atoms with Crippen LogP contribution in [-0.2, 0) is 0 Å². The van der Waals surface area contributed by atoms with E-state index in [1.54, 1.807) is 12.1 Å². The number of hydrogen-bond donors (Lipinski definition) is 0. The molecule has 4 heteroatoms. The van der Waals surface area contributed by atoms with Crippen LogP contribution in [0.25, 0.3) is 33.4 Å². The number of benzene rings is 4. The van der Waals surface area contributed by atoms with Gasteiger partial charge in [-0.05, 0) is 57.6 Å². The van der Waals surface area contributed by atoms with Gasteiger partial charge in [-0.15, -0.1) is 0 Å². The average Bonchev–Trinajstić information content (AvgIpc) is 3.21. The monoisotopic (exact) mass is 432 g/mol. The summed E-state index contributed by atoms with van der Waals surface area (Å²) in [5.74, 6) is -1.47. The van der Waals surface area contributed by atoms with Crippen LogP contribution in [0.5, 0.6) is 0 Å². The first-order valence-electron chi connectivity index (χ1n) is 10.8. The van der Waals surface area contributed by atoms with E-state index in [-0.39, 0.29) is 0 Å². The molecular formula is C30H16N4. The lowest BCUT2D eigenvalue weighted by Crippen LogP contribution is -2.09. The molecular weight excluding hydrogens is 416 g/mol. The van der Waals surface area contributed by atoms with Crippen LogP contribution in [0, 0.1) is 51.2 Å². The van der Waals surface area contributed by atoms with E-state index in [4.69, 9.17) is 0 Å². The minimum absolute atomic E-state index is 0.487. The van der Waals surface area contributed by atoms with Gasteiger partial charge >= 0.3 is 0 Å². The van der Waals surface area contributed by atoms with Gasteiger partial charge in [-0.25, -0.2) is 0 Å². The molecule has 0 aliphatic heterocycles. The van der Waals surface area contributed by atoms with Crippen LogP contribution < -0.4 is 0 Å². The van der Waals surface area contributed by atoms with Gasteiger partial charge in [-0.2, -0.15) is 21.0 Å². The lowest BCUT2D eigenvalue weighted by Gasteiger charge is -2.16. The fraction of sp³-hybridized carbons (Fsp3) is 0.0667. The fourth-order valence-electron chi connectivity index (χ4n) is 4.82. The van der Waals surface area contributed by atoms with Crippen molar-refractivity contribution in [2.45, 2.75) is 5.92 Å². The number of nitrogens with zero attached hydrogens (tertiary/aromatic N) is 4. The van der Waals surface area contributed by atoms with Crippen molar-refractivity contribution in [1.82, 2.24) is 0 Å². The summed E-state index contributed by atoms with van der Waals surface area (Å²) in [6.07, 6.45) is 0. The Morgan fingerprint density at radius 3 is 1.29 bits per heavy atom. The van der Waals surface area contributed by atoms with Crippen LogP contribution in [0.3, 0.4) is 0 Å². The molecule has 5 rings (SSSR count). The van der Waals surface area contributed by atoms with Crippen LogP contribution in [0.1, 0.15) is 28.2 Å². The molecule has 34 heavy (non-hydrogen) atoms. The summed E-state index contributed by atoms with van der Waals surface area (Å²) < 4.78 is 0. The van der Waals surface area contributed by atoms with E-state index in [0.29, 0.717) is 11.1 Å². The zero-order valence-electron chi connectivity index (χ0n) is 18.0. The zero-order chi connectivity index (χ0) is 23.7. The van der Waals surface area contributed by atoms with Crippen molar-refractivity contribution in [1.29, 1.82) is 21.0 Å². The molecule has 0 saturated carbocycles. The van der Waals surface area contributed by atoms with Gasteiger partial charge in [-0.1, -0.05) is 60.7 Å². The molecule has 156 valence electrons. The largest absolute Gasteiger partial charge is 0.197 e. The molecule has 1 aliphatic rings. The second-order valence-electron chi connectivity index (χ2n) is 8.14. The SMILES string of the molecule is N#Cc1cc2c(cc1-c1ccccc1)-c1cc(-c3ccccc3)c(C#N)cc1C2C(C#N)C#N. The molecule has 0 unspecified atom stereocenters. The van der Waals surface area contributed by atoms with Crippen LogP contribution >= 0.6 is 0 Å². The molecule has 0 aromatic heterocycles. The summed E-state index contributed by atoms with van der Waals surface area (Å²) in [4.78, 5) is 0. The molecule has 4 aromatic rings. The highest BCUT2D eigenvalue weighted by atomic mass is 14.4. The highest BCUT2D eigenvalue weighted by Crippen LogP contribution is 2.51. The molecule has 4 nitrogen and oxygen atoms in total. The highest BCUT2D eigenvalue weighted by Gasteiger charge is 2.37. The quantitative estimate of drug-likeness (QED) is 0.367. The highest BCUT2D eigenvalue weighted by molar-refractivity contribution is 5.89. The van der Waals surface area contributed by atoms with Crippen molar-refractivity contribution in [3.63, 3.8) is 0 Å². The normalized spacial score (nSPS) is 11.6. The van der Waals surface area contributed by atoms with Gasteiger partial charge in [0.2, 0.25) is 0 Å². The van der Waals surface area contributed by atoms with E-state index in [1.165, 1.54) is 0 Å². The maximum Gasteiger partial charge on any atom is 0.144 e. The van der Waals surface area contributed by atoms with Gasteiger partial charge in [0.05, 0.1) is 35.4 Å². The third-order valence-corrected chi connectivity index (χ3v) is 6.36. The zero-order valence-corrected chi connectivity index (χ0v) is 18.0. The molecule has 0 heterocycles. The smallest absolute Gasteiger partial charge is 0.144 e. The van der Waals surface area contributed by atoms with Crippen LogP contribution in [0.15, 0.2) is 84.9 Å². The van der Waals surface area contributed by atoms with Crippen molar-refractivity contribution in [2.24, 2.45) is 5.92 Å². The number of nitriles is 4. The average molecular weight is 432 g/mol. The second kappa shape index (κ2) is 8.41. The van der Waals surface area contributed by atoms with E-state index in [2.05, 4.69) is 24.3 Å². The molecule has 0 radical (unpaired) electrons. The van der Waals surface area contributed by atoms with Crippen molar-refractivity contribution in [2.75, 3.05) is 0 Å². The Morgan fingerprint density at radius 2 is 0.941 bits per heavy atom. The summed E-state index contributed by atoms with van der Waals surface area (Å²) in [5, 5.41) is 39.3. The molecule has 0 spiro atoms. The van der Waals surface area contributed by atoms with E-state index >= 15 is 0 Å². The minimum Gasteiger partial charge on any atom is -0.197 e. The topological polar surface area (TPSA) is 95.2 Å². The third-order valence-electron chi connectivity index (χ3n) is 6.36. The molecule has 1 aliphatic carbocycles. The second-order valence-corrected chi connectivity index (χ2v) is 8.14. The van der Waals surface area contributed by atoms with Gasteiger partial charge in [0.25, 0.3) is 0 Å². The molecule has 4 aromatic carbocycles. The maximum absolute atomic E-state index is 9.92. The summed E-state index contributed by atoms with van der Waals surface area (Å²) in [6, 6.07) is 35.8. The minimum atomic E-state index is -0.941. The van der Waals surface area contributed by atoms with Gasteiger partial charge in [0.15, 0.2) is 0 Å². The molecule has 0 bridgehead atoms. The van der Waals surface area contributed by atoms with Crippen LogP contribution in [0.2, 0.25) is 0 Å². The Labute approximate surface area is 197 Å². The lowest BCUT2D eigenvalue weighted by atomic mass is 9.83. The van der Waals surface area contributed by atoms with Crippen LogP contribution in [-0.4, -0.2) is 0 Å². The predicted molar refractivity (Wildman–Crippen MR) is 129 cm³/mol. The maximum atomic E-state index is 9.92. The van der Waals surface area contributed by atoms with Gasteiger partial charge in [-0.3, -0.25) is 0 Å². The molecule has 0 fully saturated rings. The number of fused-ring (bicyclic) bond motifs is 3. The summed E-state index contributed by atoms with van der Waals surface area (Å²) in [5.41, 5.74) is 7.71. The van der Waals surface area contributed by atoms with Gasteiger partial charge in [0.1, 0.15) is 5.92 Å². The Morgan fingerprint density at radius 1 is 0.529 bits per heavy atom.